The molecular formula is C17H14N4O4S. The third kappa shape index (κ3) is 4.45. The number of anilines is 1. The molecule has 1 aliphatic rings. The molecule has 2 amide bonds. The molecule has 1 fully saturated rings. The van der Waals surface area contributed by atoms with Crippen molar-refractivity contribution in [1.29, 1.82) is 0 Å². The number of amides is 2. The molecule has 2 N–H and O–H groups in total. The van der Waals surface area contributed by atoms with Crippen molar-refractivity contribution in [3.63, 3.8) is 0 Å². The first-order chi connectivity index (χ1) is 12.5. The van der Waals surface area contributed by atoms with Crippen LogP contribution in [0.2, 0.25) is 0 Å². The zero-order valence-electron chi connectivity index (χ0n) is 13.4. The molecule has 26 heavy (non-hydrogen) atoms. The predicted molar refractivity (Wildman–Crippen MR) is 99.4 cm³/mol. The van der Waals surface area contributed by atoms with E-state index in [2.05, 4.69) is 15.6 Å². The van der Waals surface area contributed by atoms with Gasteiger partial charge in [-0.2, -0.15) is 0 Å². The van der Waals surface area contributed by atoms with E-state index >= 15 is 0 Å². The van der Waals surface area contributed by atoms with Gasteiger partial charge in [0.25, 0.3) is 5.69 Å². The Kier molecular flexibility index (Phi) is 5.28. The average molecular weight is 370 g/mol. The van der Waals surface area contributed by atoms with Gasteiger partial charge in [-0.05, 0) is 24.3 Å². The summed E-state index contributed by atoms with van der Waals surface area (Å²) in [5.41, 5.74) is 1.09. The van der Waals surface area contributed by atoms with Crippen molar-refractivity contribution < 1.29 is 14.5 Å². The highest BCUT2D eigenvalue weighted by Crippen LogP contribution is 2.25. The standard InChI is InChI=1S/C17H14N4O4S/c22-15(18-12-6-8-13(9-7-12)21(24)25)10-14-16(23)20-17(26-14)19-11-4-2-1-3-5-11/h1-9,14H,10H2,(H,18,22)(H,19,20,23)/t14-/m0/s1. The first-order valence-electron chi connectivity index (χ1n) is 7.67. The number of rotatable bonds is 5. The van der Waals surface area contributed by atoms with Crippen LogP contribution in [0.4, 0.5) is 17.1 Å². The monoisotopic (exact) mass is 370 g/mol. The van der Waals surface area contributed by atoms with Gasteiger partial charge in [-0.15, -0.1) is 0 Å². The van der Waals surface area contributed by atoms with Crippen molar-refractivity contribution in [3.8, 4) is 0 Å². The molecule has 1 aliphatic heterocycles. The van der Waals surface area contributed by atoms with E-state index in [4.69, 9.17) is 0 Å². The van der Waals surface area contributed by atoms with Crippen molar-refractivity contribution in [3.05, 3.63) is 64.7 Å². The van der Waals surface area contributed by atoms with E-state index < -0.39 is 10.2 Å². The molecule has 0 aromatic heterocycles. The van der Waals surface area contributed by atoms with Crippen LogP contribution >= 0.6 is 11.8 Å². The fraction of sp³-hybridized carbons (Fsp3) is 0.118. The number of para-hydroxylation sites is 1. The zero-order chi connectivity index (χ0) is 18.5. The van der Waals surface area contributed by atoms with Crippen molar-refractivity contribution >= 4 is 45.8 Å². The van der Waals surface area contributed by atoms with Gasteiger partial charge in [0, 0.05) is 24.2 Å². The number of nitro groups is 1. The van der Waals surface area contributed by atoms with E-state index in [1.807, 2.05) is 30.3 Å². The van der Waals surface area contributed by atoms with Crippen LogP contribution in [0.1, 0.15) is 6.42 Å². The van der Waals surface area contributed by atoms with Crippen molar-refractivity contribution in [2.45, 2.75) is 11.7 Å². The Balaban J connectivity index is 1.58. The van der Waals surface area contributed by atoms with E-state index in [1.165, 1.54) is 36.0 Å². The number of benzene rings is 2. The second-order valence-electron chi connectivity index (χ2n) is 5.40. The lowest BCUT2D eigenvalue weighted by Gasteiger charge is -2.07. The molecule has 8 nitrogen and oxygen atoms in total. The molecule has 1 heterocycles. The molecular weight excluding hydrogens is 356 g/mol. The van der Waals surface area contributed by atoms with Gasteiger partial charge >= 0.3 is 0 Å². The molecule has 0 spiro atoms. The van der Waals surface area contributed by atoms with E-state index in [0.717, 1.165) is 0 Å². The second-order valence-corrected chi connectivity index (χ2v) is 6.60. The third-order valence-electron chi connectivity index (χ3n) is 3.50. The quantitative estimate of drug-likeness (QED) is 0.620. The Bertz CT molecular complexity index is 868. The maximum absolute atomic E-state index is 12.1. The van der Waals surface area contributed by atoms with Gasteiger partial charge in [-0.25, -0.2) is 4.99 Å². The van der Waals surface area contributed by atoms with Crippen LogP contribution in [-0.4, -0.2) is 27.2 Å². The van der Waals surface area contributed by atoms with Gasteiger partial charge in [-0.1, -0.05) is 30.0 Å². The highest BCUT2D eigenvalue weighted by molar-refractivity contribution is 8.15. The SMILES string of the molecule is O=C(C[C@@H]1SC(=Nc2ccccc2)NC1=O)Nc1ccc([N+](=O)[O-])cc1. The lowest BCUT2D eigenvalue weighted by atomic mass is 10.2. The van der Waals surface area contributed by atoms with Crippen LogP contribution < -0.4 is 10.6 Å². The summed E-state index contributed by atoms with van der Waals surface area (Å²) in [7, 11) is 0. The number of carbonyl (C=O) groups excluding carboxylic acids is 2. The Labute approximate surface area is 152 Å². The molecule has 1 atom stereocenters. The Morgan fingerprint density at radius 3 is 2.54 bits per heavy atom. The lowest BCUT2D eigenvalue weighted by molar-refractivity contribution is -0.384. The summed E-state index contributed by atoms with van der Waals surface area (Å²) in [5, 5.41) is 15.8. The minimum atomic E-state index is -0.574. The van der Waals surface area contributed by atoms with Crippen LogP contribution in [-0.2, 0) is 9.59 Å². The van der Waals surface area contributed by atoms with E-state index in [9.17, 15) is 19.7 Å². The summed E-state index contributed by atoms with van der Waals surface area (Å²) >= 11 is 1.20. The number of nitro benzene ring substituents is 1. The molecule has 1 saturated heterocycles. The number of nitrogens with one attached hydrogen (secondary N) is 2. The molecule has 0 unspecified atom stereocenters. The molecule has 132 valence electrons. The van der Waals surface area contributed by atoms with Gasteiger partial charge < -0.3 is 10.6 Å². The third-order valence-corrected chi connectivity index (χ3v) is 4.58. The molecule has 2 aromatic carbocycles. The van der Waals surface area contributed by atoms with Gasteiger partial charge in [0.2, 0.25) is 11.8 Å². The summed E-state index contributed by atoms with van der Waals surface area (Å²) in [5.74, 6) is -0.629. The molecule has 0 radical (unpaired) electrons. The summed E-state index contributed by atoms with van der Waals surface area (Å²) in [6.07, 6.45) is -0.0265. The normalized spacial score (nSPS) is 17.8. The highest BCUT2D eigenvalue weighted by Gasteiger charge is 2.32. The number of carbonyl (C=O) groups is 2. The average Bonchev–Trinajstić information content (AvgIpc) is 2.95. The van der Waals surface area contributed by atoms with Crippen LogP contribution in [0.15, 0.2) is 59.6 Å². The number of thioether (sulfide) groups is 1. The molecule has 0 aliphatic carbocycles. The summed E-state index contributed by atoms with van der Waals surface area (Å²) < 4.78 is 0. The Hall–Kier alpha value is -3.20. The highest BCUT2D eigenvalue weighted by atomic mass is 32.2. The van der Waals surface area contributed by atoms with Crippen LogP contribution in [0.5, 0.6) is 0 Å². The largest absolute Gasteiger partial charge is 0.326 e. The van der Waals surface area contributed by atoms with Crippen molar-refractivity contribution in [2.24, 2.45) is 4.99 Å². The van der Waals surface area contributed by atoms with Crippen molar-refractivity contribution in [2.75, 3.05) is 5.32 Å². The Morgan fingerprint density at radius 1 is 1.19 bits per heavy atom. The molecule has 3 rings (SSSR count). The van der Waals surface area contributed by atoms with Crippen molar-refractivity contribution in [1.82, 2.24) is 5.32 Å². The van der Waals surface area contributed by atoms with Crippen LogP contribution in [0.3, 0.4) is 0 Å². The lowest BCUT2D eigenvalue weighted by Crippen LogP contribution is -2.28. The second kappa shape index (κ2) is 7.79. The topological polar surface area (TPSA) is 114 Å². The summed E-state index contributed by atoms with van der Waals surface area (Å²) in [6.45, 7) is 0. The number of aliphatic imine (C=N–C) groups is 1. The first kappa shape index (κ1) is 17.6. The van der Waals surface area contributed by atoms with Crippen LogP contribution in [0, 0.1) is 10.1 Å². The number of non-ortho nitro benzene ring substituents is 1. The fourth-order valence-corrected chi connectivity index (χ4v) is 3.25. The molecule has 2 aromatic rings. The number of amidine groups is 1. The number of hydrogen-bond donors (Lipinski definition) is 2. The minimum absolute atomic E-state index is 0.0265. The summed E-state index contributed by atoms with van der Waals surface area (Å²) in [4.78, 5) is 38.6. The summed E-state index contributed by atoms with van der Waals surface area (Å²) in [6, 6.07) is 14.7. The minimum Gasteiger partial charge on any atom is -0.326 e. The molecule has 0 bridgehead atoms. The van der Waals surface area contributed by atoms with E-state index in [0.29, 0.717) is 16.5 Å². The predicted octanol–water partition coefficient (Wildman–Crippen LogP) is 2.84. The van der Waals surface area contributed by atoms with Crippen LogP contribution in [0.25, 0.3) is 0 Å². The number of nitrogens with zero attached hydrogens (tertiary/aromatic N) is 2. The fourth-order valence-electron chi connectivity index (χ4n) is 2.26. The van der Waals surface area contributed by atoms with Gasteiger partial charge in [0.05, 0.1) is 10.6 Å². The Morgan fingerprint density at radius 2 is 1.88 bits per heavy atom. The maximum Gasteiger partial charge on any atom is 0.269 e. The number of hydrogen-bond acceptors (Lipinski definition) is 6. The zero-order valence-corrected chi connectivity index (χ0v) is 14.2. The van der Waals surface area contributed by atoms with Gasteiger partial charge in [-0.3, -0.25) is 19.7 Å². The first-order valence-corrected chi connectivity index (χ1v) is 8.55. The molecule has 9 heteroatoms. The van der Waals surface area contributed by atoms with Gasteiger partial charge in [0.1, 0.15) is 5.25 Å². The smallest absolute Gasteiger partial charge is 0.269 e. The van der Waals surface area contributed by atoms with E-state index in [1.54, 1.807) is 0 Å². The maximum atomic E-state index is 12.1. The van der Waals surface area contributed by atoms with Gasteiger partial charge in [0.15, 0.2) is 5.17 Å². The van der Waals surface area contributed by atoms with E-state index in [-0.39, 0.29) is 23.9 Å². The molecule has 0 saturated carbocycles.